The first-order valence-electron chi connectivity index (χ1n) is 10.4. The van der Waals surface area contributed by atoms with Gasteiger partial charge in [-0.1, -0.05) is 25.7 Å². The van der Waals surface area contributed by atoms with Crippen molar-refractivity contribution in [2.45, 2.75) is 82.2 Å². The van der Waals surface area contributed by atoms with Crippen molar-refractivity contribution in [1.82, 2.24) is 9.88 Å². The van der Waals surface area contributed by atoms with Gasteiger partial charge < -0.3 is 10.1 Å². The monoisotopic (exact) mass is 377 g/mol. The molecule has 5 nitrogen and oxygen atoms in total. The van der Waals surface area contributed by atoms with Crippen molar-refractivity contribution in [3.63, 3.8) is 0 Å². The van der Waals surface area contributed by atoms with Crippen LogP contribution < -0.4 is 5.32 Å². The van der Waals surface area contributed by atoms with Gasteiger partial charge in [-0.2, -0.15) is 0 Å². The first-order chi connectivity index (χ1) is 12.8. The van der Waals surface area contributed by atoms with Gasteiger partial charge >= 0.3 is 0 Å². The fourth-order valence-corrected chi connectivity index (χ4v) is 5.60. The Morgan fingerprint density at radius 1 is 1.08 bits per heavy atom. The molecule has 4 rings (SSSR count). The van der Waals surface area contributed by atoms with Crippen molar-refractivity contribution in [3.05, 3.63) is 11.1 Å². The molecule has 1 amide bonds. The Labute approximate surface area is 160 Å². The standard InChI is InChI=1S/C20H31N3O2S/c24-19(18-8-4-5-11-23(18)16-9-12-25-13-10-16)22-20-21-17(14-26-20)15-6-2-1-3-7-15/h14-16,18H,1-13H2,(H,21,22,24). The zero-order valence-electron chi connectivity index (χ0n) is 15.6. The third-order valence-electron chi connectivity index (χ3n) is 6.28. The molecule has 1 N–H and O–H groups in total. The maximum absolute atomic E-state index is 13.0. The lowest BCUT2D eigenvalue weighted by Gasteiger charge is -2.41. The minimum atomic E-state index is -0.00567. The molecule has 2 saturated heterocycles. The summed E-state index contributed by atoms with van der Waals surface area (Å²) in [7, 11) is 0. The van der Waals surface area contributed by atoms with Crippen LogP contribution in [-0.2, 0) is 9.53 Å². The molecule has 3 aliphatic rings. The van der Waals surface area contributed by atoms with Crippen LogP contribution in [0, 0.1) is 0 Å². The number of carbonyl (C=O) groups is 1. The number of piperidine rings is 1. The van der Waals surface area contributed by atoms with E-state index in [4.69, 9.17) is 9.72 Å². The van der Waals surface area contributed by atoms with Crippen LogP contribution in [0.2, 0.25) is 0 Å². The highest BCUT2D eigenvalue weighted by Crippen LogP contribution is 2.34. The molecule has 1 aromatic heterocycles. The van der Waals surface area contributed by atoms with Crippen molar-refractivity contribution < 1.29 is 9.53 Å². The van der Waals surface area contributed by atoms with E-state index in [1.54, 1.807) is 11.3 Å². The Kier molecular flexibility index (Phi) is 6.23. The van der Waals surface area contributed by atoms with E-state index in [1.165, 1.54) is 44.2 Å². The van der Waals surface area contributed by atoms with Crippen LogP contribution >= 0.6 is 11.3 Å². The number of aromatic nitrogens is 1. The van der Waals surface area contributed by atoms with E-state index in [2.05, 4.69) is 15.6 Å². The molecule has 3 heterocycles. The zero-order valence-corrected chi connectivity index (χ0v) is 16.4. The van der Waals surface area contributed by atoms with Gasteiger partial charge in [0.15, 0.2) is 5.13 Å². The second-order valence-corrected chi connectivity index (χ2v) is 8.85. The summed E-state index contributed by atoms with van der Waals surface area (Å²) in [6, 6.07) is 0.489. The van der Waals surface area contributed by atoms with Crippen molar-refractivity contribution in [2.75, 3.05) is 25.1 Å². The van der Waals surface area contributed by atoms with E-state index in [-0.39, 0.29) is 11.9 Å². The number of amides is 1. The quantitative estimate of drug-likeness (QED) is 0.856. The van der Waals surface area contributed by atoms with Gasteiger partial charge in [-0.3, -0.25) is 9.69 Å². The highest BCUT2D eigenvalue weighted by Gasteiger charge is 2.34. The van der Waals surface area contributed by atoms with E-state index in [1.807, 2.05) is 0 Å². The largest absolute Gasteiger partial charge is 0.381 e. The van der Waals surface area contributed by atoms with Gasteiger partial charge in [0, 0.05) is 30.6 Å². The van der Waals surface area contributed by atoms with Crippen LogP contribution in [-0.4, -0.2) is 47.6 Å². The lowest BCUT2D eigenvalue weighted by atomic mass is 9.87. The molecular formula is C20H31N3O2S. The summed E-state index contributed by atoms with van der Waals surface area (Å²) in [5, 5.41) is 6.08. The van der Waals surface area contributed by atoms with E-state index >= 15 is 0 Å². The van der Waals surface area contributed by atoms with E-state index in [0.29, 0.717) is 12.0 Å². The fourth-order valence-electron chi connectivity index (χ4n) is 4.81. The minimum absolute atomic E-state index is 0.00567. The molecule has 144 valence electrons. The lowest BCUT2D eigenvalue weighted by Crippen LogP contribution is -2.53. The van der Waals surface area contributed by atoms with Crippen molar-refractivity contribution in [2.24, 2.45) is 0 Å². The predicted octanol–water partition coefficient (Wildman–Crippen LogP) is 4.16. The number of hydrogen-bond acceptors (Lipinski definition) is 5. The van der Waals surface area contributed by atoms with Crippen molar-refractivity contribution in [1.29, 1.82) is 0 Å². The molecule has 0 bridgehead atoms. The number of ether oxygens (including phenoxy) is 1. The number of rotatable bonds is 4. The average molecular weight is 378 g/mol. The van der Waals surface area contributed by atoms with Gasteiger partial charge in [0.05, 0.1) is 11.7 Å². The molecule has 1 saturated carbocycles. The summed E-state index contributed by atoms with van der Waals surface area (Å²) in [6.45, 7) is 2.69. The summed E-state index contributed by atoms with van der Waals surface area (Å²) < 4.78 is 5.51. The second kappa shape index (κ2) is 8.81. The normalized spacial score (nSPS) is 26.7. The molecule has 6 heteroatoms. The Bertz CT molecular complexity index is 594. The van der Waals surface area contributed by atoms with Crippen LogP contribution in [0.15, 0.2) is 5.38 Å². The van der Waals surface area contributed by atoms with Crippen LogP contribution in [0.5, 0.6) is 0 Å². The van der Waals surface area contributed by atoms with Gasteiger partial charge in [-0.25, -0.2) is 4.98 Å². The number of nitrogens with one attached hydrogen (secondary N) is 1. The lowest BCUT2D eigenvalue weighted by molar-refractivity contribution is -0.124. The molecule has 1 aliphatic carbocycles. The first-order valence-corrected chi connectivity index (χ1v) is 11.3. The molecule has 0 spiro atoms. The number of hydrogen-bond donors (Lipinski definition) is 1. The third kappa shape index (κ3) is 4.29. The fraction of sp³-hybridized carbons (Fsp3) is 0.800. The maximum atomic E-state index is 13.0. The summed E-state index contributed by atoms with van der Waals surface area (Å²) >= 11 is 1.59. The first kappa shape index (κ1) is 18.4. The molecule has 1 atom stereocenters. The Morgan fingerprint density at radius 3 is 2.65 bits per heavy atom. The number of thiazole rings is 1. The summed E-state index contributed by atoms with van der Waals surface area (Å²) in [5.74, 6) is 0.736. The van der Waals surface area contributed by atoms with Crippen LogP contribution in [0.4, 0.5) is 5.13 Å². The van der Waals surface area contributed by atoms with Crippen molar-refractivity contribution >= 4 is 22.4 Å². The topological polar surface area (TPSA) is 54.5 Å². The Morgan fingerprint density at radius 2 is 1.85 bits per heavy atom. The molecule has 26 heavy (non-hydrogen) atoms. The minimum Gasteiger partial charge on any atom is -0.381 e. The second-order valence-electron chi connectivity index (χ2n) is 7.99. The number of likely N-dealkylation sites (tertiary alicyclic amines) is 1. The van der Waals surface area contributed by atoms with Gasteiger partial charge in [-0.15, -0.1) is 11.3 Å². The van der Waals surface area contributed by atoms with Crippen LogP contribution in [0.25, 0.3) is 0 Å². The highest BCUT2D eigenvalue weighted by molar-refractivity contribution is 7.13. The molecule has 1 unspecified atom stereocenters. The van der Waals surface area contributed by atoms with Crippen molar-refractivity contribution in [3.8, 4) is 0 Å². The van der Waals surface area contributed by atoms with Gasteiger partial charge in [0.1, 0.15) is 0 Å². The highest BCUT2D eigenvalue weighted by atomic mass is 32.1. The molecule has 1 aromatic rings. The van der Waals surface area contributed by atoms with E-state index in [0.717, 1.165) is 50.6 Å². The number of anilines is 1. The molecule has 0 radical (unpaired) electrons. The molecular weight excluding hydrogens is 346 g/mol. The SMILES string of the molecule is O=C(Nc1nc(C2CCCCC2)cs1)C1CCCCN1C1CCOCC1. The smallest absolute Gasteiger partial charge is 0.243 e. The van der Waals surface area contributed by atoms with Crippen LogP contribution in [0.1, 0.15) is 75.8 Å². The summed E-state index contributed by atoms with van der Waals surface area (Å²) in [4.78, 5) is 20.2. The average Bonchev–Trinajstić information content (AvgIpc) is 3.18. The summed E-state index contributed by atoms with van der Waals surface area (Å²) in [5.41, 5.74) is 1.19. The third-order valence-corrected chi connectivity index (χ3v) is 7.06. The Balaban J connectivity index is 1.38. The maximum Gasteiger partial charge on any atom is 0.243 e. The zero-order chi connectivity index (χ0) is 17.8. The number of nitrogens with zero attached hydrogens (tertiary/aromatic N) is 2. The predicted molar refractivity (Wildman–Crippen MR) is 105 cm³/mol. The van der Waals surface area contributed by atoms with Crippen LogP contribution in [0.3, 0.4) is 0 Å². The number of carbonyl (C=O) groups excluding carboxylic acids is 1. The molecule has 3 fully saturated rings. The summed E-state index contributed by atoms with van der Waals surface area (Å²) in [6.07, 6.45) is 11.9. The van der Waals surface area contributed by atoms with Gasteiger partial charge in [-0.05, 0) is 45.1 Å². The Hall–Kier alpha value is -0.980. The molecule has 2 aliphatic heterocycles. The molecule has 0 aromatic carbocycles. The van der Waals surface area contributed by atoms with Gasteiger partial charge in [0.2, 0.25) is 5.91 Å². The van der Waals surface area contributed by atoms with E-state index in [9.17, 15) is 4.79 Å². The van der Waals surface area contributed by atoms with Gasteiger partial charge in [0.25, 0.3) is 0 Å². The van der Waals surface area contributed by atoms with E-state index < -0.39 is 0 Å².